The van der Waals surface area contributed by atoms with Gasteiger partial charge in [0.25, 0.3) is 0 Å². The van der Waals surface area contributed by atoms with Crippen LogP contribution in [0.4, 0.5) is 19.1 Å². The van der Waals surface area contributed by atoms with Crippen molar-refractivity contribution in [3.63, 3.8) is 0 Å². The first-order chi connectivity index (χ1) is 10.4. The Morgan fingerprint density at radius 3 is 2.77 bits per heavy atom. The van der Waals surface area contributed by atoms with E-state index in [1.807, 2.05) is 0 Å². The normalized spacial score (nSPS) is 12.5. The number of halogens is 3. The maximum Gasteiger partial charge on any atom is 0.417 e. The summed E-state index contributed by atoms with van der Waals surface area (Å²) in [7, 11) is 0. The second kappa shape index (κ2) is 5.13. The highest BCUT2D eigenvalue weighted by atomic mass is 32.1. The van der Waals surface area contributed by atoms with Crippen molar-refractivity contribution in [3.05, 3.63) is 46.6 Å². The number of aryl methyl sites for hydroxylation is 1. The number of imidazole rings is 1. The Morgan fingerprint density at radius 2 is 2.14 bits per heavy atom. The van der Waals surface area contributed by atoms with Crippen molar-refractivity contribution >= 4 is 33.6 Å². The Morgan fingerprint density at radius 1 is 1.36 bits per heavy atom. The minimum atomic E-state index is -4.36. The van der Waals surface area contributed by atoms with E-state index in [9.17, 15) is 13.2 Å². The predicted octanol–water partition coefficient (Wildman–Crippen LogP) is 3.89. The number of nitrogens with two attached hydrogens (primary N) is 1. The Bertz CT molecular complexity index is 861. The molecule has 2 aromatic heterocycles. The van der Waals surface area contributed by atoms with Gasteiger partial charge in [-0.3, -0.25) is 0 Å². The van der Waals surface area contributed by atoms with Crippen molar-refractivity contribution in [2.45, 2.75) is 13.1 Å². The average molecular weight is 324 g/mol. The van der Waals surface area contributed by atoms with Crippen LogP contribution in [0, 0.1) is 6.92 Å². The molecule has 0 aliphatic carbocycles. The molecule has 1 aromatic carbocycles. The smallest absolute Gasteiger partial charge is 0.368 e. The largest absolute Gasteiger partial charge is 0.417 e. The molecule has 2 N–H and O–H groups in total. The standard InChI is InChI=1S/C14H11F3N4S/c1-8-6-21(13(18)20-8)19-5-9-3-2-4-10-11(14(15,16)17)7-22-12(9)10/h2-7H,1H3,(H2,18,20). The van der Waals surface area contributed by atoms with Crippen LogP contribution in [0.15, 0.2) is 34.9 Å². The SMILES string of the molecule is Cc1cn(N=Cc2cccc3c(C(F)(F)F)csc23)c(N)n1. The van der Waals surface area contributed by atoms with E-state index < -0.39 is 11.7 Å². The first kappa shape index (κ1) is 14.6. The van der Waals surface area contributed by atoms with E-state index in [-0.39, 0.29) is 11.3 Å². The molecular weight excluding hydrogens is 313 g/mol. The van der Waals surface area contributed by atoms with Crippen LogP contribution in [0.25, 0.3) is 10.1 Å². The minimum absolute atomic E-state index is 0.177. The third-order valence-electron chi connectivity index (χ3n) is 3.09. The average Bonchev–Trinajstić information content (AvgIpc) is 2.99. The molecule has 0 aliphatic heterocycles. The Balaban J connectivity index is 2.05. The van der Waals surface area contributed by atoms with Crippen LogP contribution < -0.4 is 5.73 Å². The number of hydrogen-bond acceptors (Lipinski definition) is 4. The maximum absolute atomic E-state index is 12.9. The minimum Gasteiger partial charge on any atom is -0.368 e. The molecule has 0 bridgehead atoms. The summed E-state index contributed by atoms with van der Waals surface area (Å²) in [5, 5.41) is 5.45. The van der Waals surface area contributed by atoms with Gasteiger partial charge in [-0.2, -0.15) is 18.3 Å². The molecule has 114 valence electrons. The van der Waals surface area contributed by atoms with Gasteiger partial charge in [0.15, 0.2) is 0 Å². The van der Waals surface area contributed by atoms with E-state index in [1.54, 1.807) is 25.3 Å². The van der Waals surface area contributed by atoms with Crippen LogP contribution >= 0.6 is 11.3 Å². The van der Waals surface area contributed by atoms with Crippen molar-refractivity contribution in [1.82, 2.24) is 9.66 Å². The molecular formula is C14H11F3N4S. The molecule has 0 aliphatic rings. The van der Waals surface area contributed by atoms with Crippen molar-refractivity contribution in [2.24, 2.45) is 5.10 Å². The van der Waals surface area contributed by atoms with Gasteiger partial charge in [-0.05, 0) is 6.92 Å². The molecule has 3 rings (SSSR count). The molecule has 3 aromatic rings. The number of anilines is 1. The zero-order valence-corrected chi connectivity index (χ0v) is 12.2. The lowest BCUT2D eigenvalue weighted by Gasteiger charge is -2.04. The molecule has 22 heavy (non-hydrogen) atoms. The van der Waals surface area contributed by atoms with E-state index in [0.717, 1.165) is 16.7 Å². The van der Waals surface area contributed by atoms with E-state index >= 15 is 0 Å². The number of rotatable bonds is 2. The fraction of sp³-hybridized carbons (Fsp3) is 0.143. The quantitative estimate of drug-likeness (QED) is 0.727. The third-order valence-corrected chi connectivity index (χ3v) is 4.14. The lowest BCUT2D eigenvalue weighted by atomic mass is 10.1. The third kappa shape index (κ3) is 2.57. The first-order valence-electron chi connectivity index (χ1n) is 6.29. The fourth-order valence-corrected chi connectivity index (χ4v) is 3.18. The second-order valence-corrected chi connectivity index (χ2v) is 5.58. The highest BCUT2D eigenvalue weighted by Crippen LogP contribution is 2.39. The van der Waals surface area contributed by atoms with Gasteiger partial charge in [-0.1, -0.05) is 18.2 Å². The monoisotopic (exact) mass is 324 g/mol. The Kier molecular flexibility index (Phi) is 3.40. The number of hydrogen-bond donors (Lipinski definition) is 1. The van der Waals surface area contributed by atoms with Crippen LogP contribution in [0.5, 0.6) is 0 Å². The lowest BCUT2D eigenvalue weighted by Crippen LogP contribution is -2.03. The van der Waals surface area contributed by atoms with E-state index in [0.29, 0.717) is 16.0 Å². The number of alkyl halides is 3. The first-order valence-corrected chi connectivity index (χ1v) is 7.17. The topological polar surface area (TPSA) is 56.2 Å². The predicted molar refractivity (Wildman–Crippen MR) is 81.2 cm³/mol. The summed E-state index contributed by atoms with van der Waals surface area (Å²) in [5.74, 6) is 0.225. The van der Waals surface area contributed by atoms with Gasteiger partial charge in [-0.15, -0.1) is 11.3 Å². The molecule has 0 spiro atoms. The highest BCUT2D eigenvalue weighted by Gasteiger charge is 2.33. The summed E-state index contributed by atoms with van der Waals surface area (Å²) in [6.45, 7) is 1.78. The fourth-order valence-electron chi connectivity index (χ4n) is 2.12. The van der Waals surface area contributed by atoms with Gasteiger partial charge in [0, 0.05) is 21.0 Å². The number of nitrogens with zero attached hydrogens (tertiary/aromatic N) is 3. The Labute approximate surface area is 127 Å². The van der Waals surface area contributed by atoms with Gasteiger partial charge >= 0.3 is 6.18 Å². The van der Waals surface area contributed by atoms with Gasteiger partial charge in [0.1, 0.15) is 0 Å². The summed E-state index contributed by atoms with van der Waals surface area (Å²) >= 11 is 1.04. The van der Waals surface area contributed by atoms with Crippen molar-refractivity contribution in [1.29, 1.82) is 0 Å². The molecule has 0 atom stereocenters. The molecule has 4 nitrogen and oxygen atoms in total. The van der Waals surface area contributed by atoms with E-state index in [4.69, 9.17) is 5.73 Å². The van der Waals surface area contributed by atoms with Gasteiger partial charge < -0.3 is 5.73 Å². The Hall–Kier alpha value is -2.35. The van der Waals surface area contributed by atoms with Crippen LogP contribution in [0.1, 0.15) is 16.8 Å². The van der Waals surface area contributed by atoms with Crippen LogP contribution in [0.2, 0.25) is 0 Å². The van der Waals surface area contributed by atoms with Crippen molar-refractivity contribution < 1.29 is 13.2 Å². The van der Waals surface area contributed by atoms with E-state index in [1.165, 1.54) is 17.0 Å². The van der Waals surface area contributed by atoms with Crippen molar-refractivity contribution in [2.75, 3.05) is 5.73 Å². The summed E-state index contributed by atoms with van der Waals surface area (Å²) in [6.07, 6.45) is -1.24. The number of nitrogen functional groups attached to an aromatic ring is 1. The van der Waals surface area contributed by atoms with E-state index in [2.05, 4.69) is 10.1 Å². The summed E-state index contributed by atoms with van der Waals surface area (Å²) in [5.41, 5.74) is 6.36. The van der Waals surface area contributed by atoms with Gasteiger partial charge in [0.2, 0.25) is 5.95 Å². The zero-order valence-electron chi connectivity index (χ0n) is 11.4. The number of thiophene rings is 1. The van der Waals surface area contributed by atoms with Crippen LogP contribution in [0.3, 0.4) is 0 Å². The summed E-state index contributed by atoms with van der Waals surface area (Å²) in [6, 6.07) is 4.75. The highest BCUT2D eigenvalue weighted by molar-refractivity contribution is 7.17. The summed E-state index contributed by atoms with van der Waals surface area (Å²) < 4.78 is 40.7. The van der Waals surface area contributed by atoms with Gasteiger partial charge in [-0.25, -0.2) is 9.66 Å². The molecule has 0 amide bonds. The molecule has 2 heterocycles. The maximum atomic E-state index is 12.9. The van der Waals surface area contributed by atoms with Crippen LogP contribution in [-0.2, 0) is 6.18 Å². The second-order valence-electron chi connectivity index (χ2n) is 4.70. The van der Waals surface area contributed by atoms with Gasteiger partial charge in [0.05, 0.1) is 23.7 Å². The molecule has 0 fully saturated rings. The van der Waals surface area contributed by atoms with Crippen molar-refractivity contribution in [3.8, 4) is 0 Å². The zero-order chi connectivity index (χ0) is 15.9. The molecule has 8 heteroatoms. The molecule has 0 saturated carbocycles. The number of fused-ring (bicyclic) bond motifs is 1. The molecule has 0 saturated heterocycles. The summed E-state index contributed by atoms with van der Waals surface area (Å²) in [4.78, 5) is 4.00. The molecule has 0 unspecified atom stereocenters. The number of benzene rings is 1. The van der Waals surface area contributed by atoms with Crippen LogP contribution in [-0.4, -0.2) is 15.9 Å². The number of aromatic nitrogens is 2. The molecule has 0 radical (unpaired) electrons. The lowest BCUT2D eigenvalue weighted by molar-refractivity contribution is -0.136.